The van der Waals surface area contributed by atoms with E-state index >= 15 is 0 Å². The number of halogens is 1. The molecule has 0 aliphatic rings. The number of pyridine rings is 1. The average Bonchev–Trinajstić information content (AvgIpc) is 2.43. The fourth-order valence-corrected chi connectivity index (χ4v) is 1.94. The summed E-state index contributed by atoms with van der Waals surface area (Å²) in [6.07, 6.45) is 0.994. The van der Waals surface area contributed by atoms with Crippen LogP contribution in [0.2, 0.25) is 0 Å². The Morgan fingerprint density at radius 3 is 2.80 bits per heavy atom. The molecule has 20 heavy (non-hydrogen) atoms. The molecular formula is C15H16FN3O. The van der Waals surface area contributed by atoms with Crippen LogP contribution in [0.3, 0.4) is 0 Å². The van der Waals surface area contributed by atoms with Crippen molar-refractivity contribution in [3.63, 3.8) is 0 Å². The molecule has 4 nitrogen and oxygen atoms in total. The topological polar surface area (TPSA) is 59.2 Å². The summed E-state index contributed by atoms with van der Waals surface area (Å²) in [5.74, 6) is -0.891. The lowest BCUT2D eigenvalue weighted by molar-refractivity contribution is 0.0785. The summed E-state index contributed by atoms with van der Waals surface area (Å²) in [7, 11) is 1.65. The monoisotopic (exact) mass is 273 g/mol. The van der Waals surface area contributed by atoms with E-state index in [2.05, 4.69) is 4.98 Å². The fraction of sp³-hybridized carbons (Fsp3) is 0.200. The highest BCUT2D eigenvalue weighted by atomic mass is 19.1. The van der Waals surface area contributed by atoms with Crippen molar-refractivity contribution in [2.45, 2.75) is 13.5 Å². The highest BCUT2D eigenvalue weighted by Crippen LogP contribution is 2.15. The van der Waals surface area contributed by atoms with Crippen molar-refractivity contribution < 1.29 is 9.18 Å². The smallest absolute Gasteiger partial charge is 0.257 e. The molecule has 2 aromatic rings. The lowest BCUT2D eigenvalue weighted by Gasteiger charge is -2.19. The van der Waals surface area contributed by atoms with Crippen molar-refractivity contribution in [2.24, 2.45) is 0 Å². The number of nitrogens with zero attached hydrogens (tertiary/aromatic N) is 2. The standard InChI is InChI=1S/C15H16FN3O/c1-10-5-3-4-6-11(10)9-19(2)15(20)13-7-12(16)8-18-14(13)17/h3-8H,9H2,1-2H3,(H2,17,18). The highest BCUT2D eigenvalue weighted by Gasteiger charge is 2.17. The Kier molecular flexibility index (Phi) is 3.98. The van der Waals surface area contributed by atoms with Crippen molar-refractivity contribution in [3.05, 3.63) is 59.0 Å². The van der Waals surface area contributed by atoms with Gasteiger partial charge in [0, 0.05) is 13.6 Å². The van der Waals surface area contributed by atoms with Crippen LogP contribution in [-0.2, 0) is 6.54 Å². The maximum absolute atomic E-state index is 13.2. The van der Waals surface area contributed by atoms with Gasteiger partial charge in [-0.1, -0.05) is 24.3 Å². The first-order chi connectivity index (χ1) is 9.49. The molecule has 104 valence electrons. The first kappa shape index (κ1) is 14.0. The first-order valence-electron chi connectivity index (χ1n) is 6.20. The summed E-state index contributed by atoms with van der Waals surface area (Å²) < 4.78 is 13.2. The Balaban J connectivity index is 2.21. The van der Waals surface area contributed by atoms with E-state index in [0.29, 0.717) is 6.54 Å². The number of aryl methyl sites for hydroxylation is 1. The predicted molar refractivity (Wildman–Crippen MR) is 75.6 cm³/mol. The minimum absolute atomic E-state index is 0.0352. The SMILES string of the molecule is Cc1ccccc1CN(C)C(=O)c1cc(F)cnc1N. The summed E-state index contributed by atoms with van der Waals surface area (Å²) in [6, 6.07) is 8.89. The predicted octanol–water partition coefficient (Wildman–Crippen LogP) is 2.38. The average molecular weight is 273 g/mol. The van der Waals surface area contributed by atoms with Crippen LogP contribution in [0.25, 0.3) is 0 Å². The van der Waals surface area contributed by atoms with Gasteiger partial charge in [-0.15, -0.1) is 0 Å². The van der Waals surface area contributed by atoms with E-state index in [1.54, 1.807) is 7.05 Å². The van der Waals surface area contributed by atoms with Gasteiger partial charge in [0.05, 0.1) is 11.8 Å². The van der Waals surface area contributed by atoms with Crippen LogP contribution in [0.5, 0.6) is 0 Å². The molecule has 1 heterocycles. The lowest BCUT2D eigenvalue weighted by atomic mass is 10.1. The first-order valence-corrected chi connectivity index (χ1v) is 6.20. The molecule has 0 saturated carbocycles. The van der Waals surface area contributed by atoms with Crippen LogP contribution in [0, 0.1) is 12.7 Å². The molecule has 1 aromatic carbocycles. The largest absolute Gasteiger partial charge is 0.383 e. The van der Waals surface area contributed by atoms with Gasteiger partial charge in [0.2, 0.25) is 0 Å². The van der Waals surface area contributed by atoms with Crippen LogP contribution in [0.15, 0.2) is 36.5 Å². The summed E-state index contributed by atoms with van der Waals surface area (Å²) in [5, 5.41) is 0. The van der Waals surface area contributed by atoms with E-state index in [1.165, 1.54) is 4.90 Å². The lowest BCUT2D eigenvalue weighted by Crippen LogP contribution is -2.27. The van der Waals surface area contributed by atoms with E-state index in [0.717, 1.165) is 23.4 Å². The number of hydrogen-bond acceptors (Lipinski definition) is 3. The third-order valence-corrected chi connectivity index (χ3v) is 3.13. The van der Waals surface area contributed by atoms with Crippen molar-refractivity contribution in [1.82, 2.24) is 9.88 Å². The number of rotatable bonds is 3. The number of carbonyl (C=O) groups excluding carboxylic acids is 1. The second-order valence-electron chi connectivity index (χ2n) is 4.67. The zero-order chi connectivity index (χ0) is 14.7. The fourth-order valence-electron chi connectivity index (χ4n) is 1.94. The van der Waals surface area contributed by atoms with Gasteiger partial charge in [0.25, 0.3) is 5.91 Å². The minimum atomic E-state index is -0.577. The highest BCUT2D eigenvalue weighted by molar-refractivity contribution is 5.98. The number of anilines is 1. The Morgan fingerprint density at radius 2 is 2.10 bits per heavy atom. The van der Waals surface area contributed by atoms with Gasteiger partial charge in [0.1, 0.15) is 11.6 Å². The van der Waals surface area contributed by atoms with Gasteiger partial charge in [-0.05, 0) is 24.1 Å². The van der Waals surface area contributed by atoms with E-state index in [1.807, 2.05) is 31.2 Å². The molecule has 5 heteroatoms. The second kappa shape index (κ2) is 5.69. The van der Waals surface area contributed by atoms with E-state index in [4.69, 9.17) is 5.73 Å². The van der Waals surface area contributed by atoms with Crippen molar-refractivity contribution >= 4 is 11.7 Å². The van der Waals surface area contributed by atoms with Gasteiger partial charge < -0.3 is 10.6 Å². The molecule has 1 aromatic heterocycles. The number of nitrogens with two attached hydrogens (primary N) is 1. The number of nitrogen functional groups attached to an aromatic ring is 1. The van der Waals surface area contributed by atoms with Gasteiger partial charge in [-0.3, -0.25) is 4.79 Å². The third kappa shape index (κ3) is 2.93. The molecule has 0 radical (unpaired) electrons. The maximum atomic E-state index is 13.2. The molecule has 0 unspecified atom stereocenters. The zero-order valence-corrected chi connectivity index (χ0v) is 11.4. The Hall–Kier alpha value is -2.43. The third-order valence-electron chi connectivity index (χ3n) is 3.13. The normalized spacial score (nSPS) is 10.3. The quantitative estimate of drug-likeness (QED) is 0.934. The second-order valence-corrected chi connectivity index (χ2v) is 4.67. The molecule has 0 bridgehead atoms. The van der Waals surface area contributed by atoms with Crippen LogP contribution >= 0.6 is 0 Å². The number of benzene rings is 1. The molecule has 0 fully saturated rings. The van der Waals surface area contributed by atoms with Crippen LogP contribution in [0.1, 0.15) is 21.5 Å². The van der Waals surface area contributed by atoms with E-state index in [-0.39, 0.29) is 17.3 Å². The van der Waals surface area contributed by atoms with Gasteiger partial charge >= 0.3 is 0 Å². The maximum Gasteiger partial charge on any atom is 0.257 e. The number of carbonyl (C=O) groups is 1. The van der Waals surface area contributed by atoms with Crippen LogP contribution < -0.4 is 5.73 Å². The summed E-state index contributed by atoms with van der Waals surface area (Å²) in [5.41, 5.74) is 7.84. The molecule has 0 spiro atoms. The molecule has 2 N–H and O–H groups in total. The summed E-state index contributed by atoms with van der Waals surface area (Å²) >= 11 is 0. The van der Waals surface area contributed by atoms with Crippen LogP contribution in [0.4, 0.5) is 10.2 Å². The zero-order valence-electron chi connectivity index (χ0n) is 11.4. The Labute approximate surface area is 117 Å². The Morgan fingerprint density at radius 1 is 1.40 bits per heavy atom. The molecule has 2 rings (SSSR count). The molecular weight excluding hydrogens is 257 g/mol. The van der Waals surface area contributed by atoms with Crippen LogP contribution in [-0.4, -0.2) is 22.8 Å². The molecule has 0 aliphatic heterocycles. The van der Waals surface area contributed by atoms with Crippen molar-refractivity contribution in [1.29, 1.82) is 0 Å². The van der Waals surface area contributed by atoms with Crippen molar-refractivity contribution in [3.8, 4) is 0 Å². The molecule has 0 aliphatic carbocycles. The minimum Gasteiger partial charge on any atom is -0.383 e. The molecule has 1 amide bonds. The number of amides is 1. The van der Waals surface area contributed by atoms with E-state index < -0.39 is 5.82 Å². The summed E-state index contributed by atoms with van der Waals surface area (Å²) in [6.45, 7) is 2.41. The van der Waals surface area contributed by atoms with Crippen molar-refractivity contribution in [2.75, 3.05) is 12.8 Å². The summed E-state index contributed by atoms with van der Waals surface area (Å²) in [4.78, 5) is 17.4. The molecule has 0 saturated heterocycles. The number of aromatic nitrogens is 1. The Bertz CT molecular complexity index is 643. The number of hydrogen-bond donors (Lipinski definition) is 1. The molecule has 0 atom stereocenters. The van der Waals surface area contributed by atoms with E-state index in [9.17, 15) is 9.18 Å². The van der Waals surface area contributed by atoms with Gasteiger partial charge in [0.15, 0.2) is 0 Å². The van der Waals surface area contributed by atoms with Gasteiger partial charge in [-0.2, -0.15) is 0 Å². The van der Waals surface area contributed by atoms with Gasteiger partial charge in [-0.25, -0.2) is 9.37 Å².